The van der Waals surface area contributed by atoms with Gasteiger partial charge in [0.1, 0.15) is 5.82 Å². The molecule has 16 heavy (non-hydrogen) atoms. The third kappa shape index (κ3) is 3.41. The van der Waals surface area contributed by atoms with Crippen LogP contribution in [0.2, 0.25) is 0 Å². The van der Waals surface area contributed by atoms with Crippen molar-refractivity contribution in [3.63, 3.8) is 0 Å². The van der Waals surface area contributed by atoms with Crippen LogP contribution in [0.3, 0.4) is 0 Å². The molecular weight excluding hydrogens is 229 g/mol. The number of nitrogens with zero attached hydrogens (tertiary/aromatic N) is 1. The van der Waals surface area contributed by atoms with Crippen LogP contribution in [0.1, 0.15) is 6.42 Å². The molecule has 0 heterocycles. The molecule has 0 radical (unpaired) electrons. The summed E-state index contributed by atoms with van der Waals surface area (Å²) in [5, 5.41) is 0. The molecule has 0 saturated carbocycles. The van der Waals surface area contributed by atoms with Gasteiger partial charge in [0.2, 0.25) is 5.91 Å². The zero-order valence-electron chi connectivity index (χ0n) is 9.27. The molecule has 88 valence electrons. The van der Waals surface area contributed by atoms with Gasteiger partial charge in [0.05, 0.1) is 15.7 Å². The van der Waals surface area contributed by atoms with Crippen LogP contribution in [-0.2, 0) is 15.6 Å². The minimum atomic E-state index is -1.45. The summed E-state index contributed by atoms with van der Waals surface area (Å²) in [5.41, 5.74) is 0. The lowest BCUT2D eigenvalue weighted by Gasteiger charge is -2.09. The predicted molar refractivity (Wildman–Crippen MR) is 61.0 cm³/mol. The smallest absolute Gasteiger partial charge is 0.222 e. The van der Waals surface area contributed by atoms with Gasteiger partial charge in [0, 0.05) is 26.3 Å². The second-order valence-corrected chi connectivity index (χ2v) is 5.06. The fraction of sp³-hybridized carbons (Fsp3) is 0.364. The first kappa shape index (κ1) is 12.8. The van der Waals surface area contributed by atoms with E-state index in [1.165, 1.54) is 17.0 Å². The zero-order chi connectivity index (χ0) is 12.1. The van der Waals surface area contributed by atoms with Crippen molar-refractivity contribution < 1.29 is 13.4 Å². The highest BCUT2D eigenvalue weighted by molar-refractivity contribution is 7.85. The molecule has 1 rings (SSSR count). The molecule has 1 aromatic rings. The summed E-state index contributed by atoms with van der Waals surface area (Å²) in [6.07, 6.45) is 0.161. The first-order chi connectivity index (χ1) is 7.52. The second-order valence-electron chi connectivity index (χ2n) is 3.52. The summed E-state index contributed by atoms with van der Waals surface area (Å²) < 4.78 is 24.9. The van der Waals surface area contributed by atoms with Crippen LogP contribution in [0.5, 0.6) is 0 Å². The minimum Gasteiger partial charge on any atom is -0.349 e. The van der Waals surface area contributed by atoms with Crippen molar-refractivity contribution in [2.45, 2.75) is 11.3 Å². The number of rotatable bonds is 4. The molecule has 0 aliphatic rings. The quantitative estimate of drug-likeness (QED) is 0.802. The Morgan fingerprint density at radius 2 is 2.00 bits per heavy atom. The first-order valence-corrected chi connectivity index (χ1v) is 6.17. The number of benzene rings is 1. The second kappa shape index (κ2) is 5.75. The maximum atomic E-state index is 13.2. The van der Waals surface area contributed by atoms with Gasteiger partial charge in [-0.15, -0.1) is 0 Å². The van der Waals surface area contributed by atoms with Crippen LogP contribution >= 0.6 is 0 Å². The predicted octanol–water partition coefficient (Wildman–Crippen LogP) is 1.41. The van der Waals surface area contributed by atoms with E-state index in [0.29, 0.717) is 0 Å². The monoisotopic (exact) mass is 243 g/mol. The summed E-state index contributed by atoms with van der Waals surface area (Å²) in [5.74, 6) is -0.444. The van der Waals surface area contributed by atoms with E-state index in [0.717, 1.165) is 0 Å². The van der Waals surface area contributed by atoms with Gasteiger partial charge in [-0.2, -0.15) is 0 Å². The number of amides is 1. The van der Waals surface area contributed by atoms with Gasteiger partial charge >= 0.3 is 0 Å². The lowest BCUT2D eigenvalue weighted by Crippen LogP contribution is -2.23. The van der Waals surface area contributed by atoms with Crippen LogP contribution in [0.4, 0.5) is 4.39 Å². The van der Waals surface area contributed by atoms with E-state index in [1.807, 2.05) is 0 Å². The van der Waals surface area contributed by atoms with Gasteiger partial charge in [-0.25, -0.2) is 4.39 Å². The Morgan fingerprint density at radius 3 is 2.56 bits per heavy atom. The number of carbonyl (C=O) groups is 1. The van der Waals surface area contributed by atoms with Crippen LogP contribution in [-0.4, -0.2) is 34.9 Å². The van der Waals surface area contributed by atoms with Gasteiger partial charge < -0.3 is 4.90 Å². The van der Waals surface area contributed by atoms with E-state index in [1.54, 1.807) is 26.2 Å². The summed E-state index contributed by atoms with van der Waals surface area (Å²) in [7, 11) is 1.81. The van der Waals surface area contributed by atoms with Crippen LogP contribution in [0.15, 0.2) is 29.2 Å². The molecule has 1 unspecified atom stereocenters. The molecule has 0 bridgehead atoms. The molecule has 1 aromatic carbocycles. The average Bonchev–Trinajstić information content (AvgIpc) is 2.25. The number of halogens is 1. The van der Waals surface area contributed by atoms with Gasteiger partial charge in [0.25, 0.3) is 0 Å². The number of carbonyl (C=O) groups excluding carboxylic acids is 1. The van der Waals surface area contributed by atoms with Crippen molar-refractivity contribution in [3.05, 3.63) is 30.1 Å². The molecule has 0 aromatic heterocycles. The van der Waals surface area contributed by atoms with Gasteiger partial charge in [0.15, 0.2) is 0 Å². The zero-order valence-corrected chi connectivity index (χ0v) is 10.1. The molecule has 5 heteroatoms. The number of hydrogen-bond donors (Lipinski definition) is 0. The van der Waals surface area contributed by atoms with Crippen molar-refractivity contribution >= 4 is 16.7 Å². The summed E-state index contributed by atoms with van der Waals surface area (Å²) in [6, 6.07) is 5.91. The molecule has 0 aliphatic heterocycles. The van der Waals surface area contributed by atoms with Crippen molar-refractivity contribution in [1.82, 2.24) is 4.90 Å². The Balaban J connectivity index is 2.60. The van der Waals surface area contributed by atoms with E-state index in [9.17, 15) is 13.4 Å². The van der Waals surface area contributed by atoms with Gasteiger partial charge in [-0.1, -0.05) is 12.1 Å². The fourth-order valence-electron chi connectivity index (χ4n) is 1.14. The Bertz CT molecular complexity index is 407. The molecule has 0 N–H and O–H groups in total. The van der Waals surface area contributed by atoms with Gasteiger partial charge in [-0.3, -0.25) is 9.00 Å². The van der Waals surface area contributed by atoms with Gasteiger partial charge in [-0.05, 0) is 12.1 Å². The molecule has 0 saturated heterocycles. The lowest BCUT2D eigenvalue weighted by atomic mass is 10.3. The third-order valence-electron chi connectivity index (χ3n) is 2.08. The van der Waals surface area contributed by atoms with Crippen molar-refractivity contribution in [2.24, 2.45) is 0 Å². The highest BCUT2D eigenvalue weighted by Gasteiger charge is 2.12. The Labute approximate surface area is 96.7 Å². The van der Waals surface area contributed by atoms with E-state index >= 15 is 0 Å². The maximum absolute atomic E-state index is 13.2. The molecule has 0 spiro atoms. The highest BCUT2D eigenvalue weighted by atomic mass is 32.2. The summed E-state index contributed by atoms with van der Waals surface area (Å²) >= 11 is 0. The van der Waals surface area contributed by atoms with E-state index in [-0.39, 0.29) is 23.0 Å². The standard InChI is InChI=1S/C11H14FNO2S/c1-13(2)11(14)7-8-16(15)10-6-4-3-5-9(10)12/h3-6H,7-8H2,1-2H3. The largest absolute Gasteiger partial charge is 0.349 e. The van der Waals surface area contributed by atoms with E-state index in [4.69, 9.17) is 0 Å². The average molecular weight is 243 g/mol. The highest BCUT2D eigenvalue weighted by Crippen LogP contribution is 2.12. The van der Waals surface area contributed by atoms with Crippen molar-refractivity contribution in [2.75, 3.05) is 19.8 Å². The maximum Gasteiger partial charge on any atom is 0.222 e. The topological polar surface area (TPSA) is 37.4 Å². The van der Waals surface area contributed by atoms with E-state index < -0.39 is 16.6 Å². The van der Waals surface area contributed by atoms with Crippen molar-refractivity contribution in [3.8, 4) is 0 Å². The van der Waals surface area contributed by atoms with Crippen LogP contribution in [0.25, 0.3) is 0 Å². The summed E-state index contributed by atoms with van der Waals surface area (Å²) in [6.45, 7) is 0. The van der Waals surface area contributed by atoms with Crippen LogP contribution in [0, 0.1) is 5.82 Å². The third-order valence-corrected chi connectivity index (χ3v) is 3.48. The molecule has 0 fully saturated rings. The molecule has 3 nitrogen and oxygen atoms in total. The molecular formula is C11H14FNO2S. The number of hydrogen-bond acceptors (Lipinski definition) is 2. The molecule has 0 aliphatic carbocycles. The molecule has 1 atom stereocenters. The Morgan fingerprint density at radius 1 is 1.38 bits per heavy atom. The SMILES string of the molecule is CN(C)C(=O)CCS(=O)c1ccccc1F. The normalized spacial score (nSPS) is 12.2. The first-order valence-electron chi connectivity index (χ1n) is 4.85. The fourth-order valence-corrected chi connectivity index (χ4v) is 2.24. The van der Waals surface area contributed by atoms with Crippen LogP contribution < -0.4 is 0 Å². The van der Waals surface area contributed by atoms with E-state index in [2.05, 4.69) is 0 Å². The van der Waals surface area contributed by atoms with Crippen molar-refractivity contribution in [1.29, 1.82) is 0 Å². The summed E-state index contributed by atoms with van der Waals surface area (Å²) in [4.78, 5) is 12.9. The Hall–Kier alpha value is -1.23. The minimum absolute atomic E-state index is 0.107. The Kier molecular flexibility index (Phi) is 4.61. The lowest BCUT2D eigenvalue weighted by molar-refractivity contribution is -0.128. The molecule has 1 amide bonds.